The molecule has 1 amide bonds. The van der Waals surface area contributed by atoms with Crippen LogP contribution >= 0.6 is 22.6 Å². The molecule has 1 aliphatic rings. The monoisotopic (exact) mass is 372 g/mol. The predicted octanol–water partition coefficient (Wildman–Crippen LogP) is 2.90. The summed E-state index contributed by atoms with van der Waals surface area (Å²) in [6.45, 7) is 5.38. The topological polar surface area (TPSA) is 32.3 Å². The van der Waals surface area contributed by atoms with Gasteiger partial charge in [-0.3, -0.25) is 4.79 Å². The Balaban J connectivity index is 1.84. The van der Waals surface area contributed by atoms with Gasteiger partial charge in [0.25, 0.3) is 5.91 Å². The molecule has 0 aromatic heterocycles. The quantitative estimate of drug-likeness (QED) is 0.825. The molecule has 1 saturated heterocycles. The van der Waals surface area contributed by atoms with Crippen LogP contribution in [0.25, 0.3) is 0 Å². The lowest BCUT2D eigenvalue weighted by Crippen LogP contribution is -2.43. The number of carbonyl (C=O) groups excluding carboxylic acids is 1. The average molecular weight is 372 g/mol. The van der Waals surface area contributed by atoms with Crippen molar-refractivity contribution in [3.8, 4) is 0 Å². The number of nitrogens with zero attached hydrogens (tertiary/aromatic N) is 1. The van der Waals surface area contributed by atoms with Crippen molar-refractivity contribution in [2.75, 3.05) is 19.6 Å². The molecular formula is C15H21IN2O. The first kappa shape index (κ1) is 14.8. The highest BCUT2D eigenvalue weighted by atomic mass is 127. The summed E-state index contributed by atoms with van der Waals surface area (Å²) in [6.07, 6.45) is 3.93. The summed E-state index contributed by atoms with van der Waals surface area (Å²) < 4.78 is 1.09. The Morgan fingerprint density at radius 1 is 1.37 bits per heavy atom. The molecule has 0 saturated carbocycles. The van der Waals surface area contributed by atoms with Crippen LogP contribution in [0.1, 0.15) is 36.5 Å². The molecule has 0 bridgehead atoms. The molecule has 2 rings (SSSR count). The molecule has 104 valence electrons. The number of hydrogen-bond donors (Lipinski definition) is 1. The number of piperidine rings is 1. The molecule has 1 aliphatic heterocycles. The van der Waals surface area contributed by atoms with Gasteiger partial charge in [-0.1, -0.05) is 12.5 Å². The van der Waals surface area contributed by atoms with Crippen LogP contribution in [0.3, 0.4) is 0 Å². The molecule has 1 atom stereocenters. The fourth-order valence-electron chi connectivity index (χ4n) is 2.51. The van der Waals surface area contributed by atoms with Crippen molar-refractivity contribution in [2.24, 2.45) is 0 Å². The van der Waals surface area contributed by atoms with E-state index in [1.807, 2.05) is 24.3 Å². The van der Waals surface area contributed by atoms with Gasteiger partial charge in [0.15, 0.2) is 0 Å². The maximum Gasteiger partial charge on any atom is 0.251 e. The predicted molar refractivity (Wildman–Crippen MR) is 86.4 cm³/mol. The summed E-state index contributed by atoms with van der Waals surface area (Å²) in [7, 11) is 0. The SMILES string of the molecule is CC(CN1CCCCC1)NC(=O)c1cccc(I)c1. The van der Waals surface area contributed by atoms with Gasteiger partial charge in [0, 0.05) is 21.7 Å². The fraction of sp³-hybridized carbons (Fsp3) is 0.533. The van der Waals surface area contributed by atoms with E-state index < -0.39 is 0 Å². The third kappa shape index (κ3) is 4.76. The van der Waals surface area contributed by atoms with Gasteiger partial charge < -0.3 is 10.2 Å². The van der Waals surface area contributed by atoms with E-state index in [4.69, 9.17) is 0 Å². The molecular weight excluding hydrogens is 351 g/mol. The van der Waals surface area contributed by atoms with Gasteiger partial charge in [-0.25, -0.2) is 0 Å². The summed E-state index contributed by atoms with van der Waals surface area (Å²) in [5, 5.41) is 3.09. The Morgan fingerprint density at radius 2 is 2.11 bits per heavy atom. The lowest BCUT2D eigenvalue weighted by atomic mass is 10.1. The van der Waals surface area contributed by atoms with Crippen LogP contribution in [-0.4, -0.2) is 36.5 Å². The molecule has 19 heavy (non-hydrogen) atoms. The highest BCUT2D eigenvalue weighted by Gasteiger charge is 2.15. The number of amides is 1. The molecule has 0 spiro atoms. The largest absolute Gasteiger partial charge is 0.348 e. The second-order valence-corrected chi connectivity index (χ2v) is 6.49. The van der Waals surface area contributed by atoms with Gasteiger partial charge in [0.1, 0.15) is 0 Å². The molecule has 4 heteroatoms. The second-order valence-electron chi connectivity index (χ2n) is 5.25. The summed E-state index contributed by atoms with van der Waals surface area (Å²) in [5.74, 6) is 0.0306. The number of carbonyl (C=O) groups is 1. The van der Waals surface area contributed by atoms with Crippen molar-refractivity contribution in [1.29, 1.82) is 0 Å². The van der Waals surface area contributed by atoms with Gasteiger partial charge in [0.05, 0.1) is 0 Å². The van der Waals surface area contributed by atoms with Crippen molar-refractivity contribution in [2.45, 2.75) is 32.2 Å². The number of hydrogen-bond acceptors (Lipinski definition) is 2. The summed E-state index contributed by atoms with van der Waals surface area (Å²) in [6, 6.07) is 7.90. The van der Waals surface area contributed by atoms with Crippen molar-refractivity contribution in [3.63, 3.8) is 0 Å². The van der Waals surface area contributed by atoms with Crippen molar-refractivity contribution in [3.05, 3.63) is 33.4 Å². The average Bonchev–Trinajstić information content (AvgIpc) is 2.39. The van der Waals surface area contributed by atoms with Crippen molar-refractivity contribution >= 4 is 28.5 Å². The van der Waals surface area contributed by atoms with E-state index in [0.717, 1.165) is 15.7 Å². The van der Waals surface area contributed by atoms with Crippen molar-refractivity contribution in [1.82, 2.24) is 10.2 Å². The minimum atomic E-state index is 0.0306. The van der Waals surface area contributed by atoms with Crippen LogP contribution < -0.4 is 5.32 Å². The maximum absolute atomic E-state index is 12.1. The van der Waals surface area contributed by atoms with Crippen LogP contribution in [0.4, 0.5) is 0 Å². The summed E-state index contributed by atoms with van der Waals surface area (Å²) in [4.78, 5) is 14.6. The van der Waals surface area contributed by atoms with E-state index in [1.54, 1.807) is 0 Å². The molecule has 0 radical (unpaired) electrons. The number of rotatable bonds is 4. The third-order valence-electron chi connectivity index (χ3n) is 3.45. The minimum Gasteiger partial charge on any atom is -0.348 e. The molecule has 1 fully saturated rings. The minimum absolute atomic E-state index is 0.0306. The van der Waals surface area contributed by atoms with Crippen LogP contribution in [0.5, 0.6) is 0 Å². The van der Waals surface area contributed by atoms with E-state index in [1.165, 1.54) is 32.4 Å². The highest BCUT2D eigenvalue weighted by molar-refractivity contribution is 14.1. The number of nitrogens with one attached hydrogen (secondary N) is 1. The molecule has 3 nitrogen and oxygen atoms in total. The van der Waals surface area contributed by atoms with Gasteiger partial charge in [-0.2, -0.15) is 0 Å². The second kappa shape index (κ2) is 7.24. The first-order valence-electron chi connectivity index (χ1n) is 6.94. The molecule has 1 N–H and O–H groups in total. The van der Waals surface area contributed by atoms with Gasteiger partial charge in [-0.05, 0) is 73.6 Å². The van der Waals surface area contributed by atoms with Crippen LogP contribution in [0, 0.1) is 3.57 Å². The Morgan fingerprint density at radius 3 is 2.79 bits per heavy atom. The van der Waals surface area contributed by atoms with E-state index in [2.05, 4.69) is 39.7 Å². The zero-order valence-electron chi connectivity index (χ0n) is 11.4. The van der Waals surface area contributed by atoms with Crippen LogP contribution in [-0.2, 0) is 0 Å². The molecule has 1 heterocycles. The van der Waals surface area contributed by atoms with Gasteiger partial charge in [0.2, 0.25) is 0 Å². The number of halogens is 1. The molecule has 0 aliphatic carbocycles. The Kier molecular flexibility index (Phi) is 5.63. The zero-order valence-corrected chi connectivity index (χ0v) is 13.5. The lowest BCUT2D eigenvalue weighted by Gasteiger charge is -2.29. The smallest absolute Gasteiger partial charge is 0.251 e. The molecule has 1 unspecified atom stereocenters. The zero-order chi connectivity index (χ0) is 13.7. The number of benzene rings is 1. The first-order chi connectivity index (χ1) is 9.15. The maximum atomic E-state index is 12.1. The lowest BCUT2D eigenvalue weighted by molar-refractivity contribution is 0.0925. The third-order valence-corrected chi connectivity index (χ3v) is 4.12. The Bertz CT molecular complexity index is 430. The summed E-state index contributed by atoms with van der Waals surface area (Å²) >= 11 is 2.23. The highest BCUT2D eigenvalue weighted by Crippen LogP contribution is 2.10. The van der Waals surface area contributed by atoms with Crippen LogP contribution in [0.15, 0.2) is 24.3 Å². The Labute approximate surface area is 128 Å². The van der Waals surface area contributed by atoms with Gasteiger partial charge in [-0.15, -0.1) is 0 Å². The molecule has 1 aromatic carbocycles. The van der Waals surface area contributed by atoms with E-state index >= 15 is 0 Å². The fourth-order valence-corrected chi connectivity index (χ4v) is 3.05. The van der Waals surface area contributed by atoms with Gasteiger partial charge >= 0.3 is 0 Å². The molecule has 1 aromatic rings. The first-order valence-corrected chi connectivity index (χ1v) is 8.02. The summed E-state index contributed by atoms with van der Waals surface area (Å²) in [5.41, 5.74) is 0.748. The number of likely N-dealkylation sites (tertiary alicyclic amines) is 1. The van der Waals surface area contributed by atoms with Crippen LogP contribution in [0.2, 0.25) is 0 Å². The van der Waals surface area contributed by atoms with Crippen molar-refractivity contribution < 1.29 is 4.79 Å². The van der Waals surface area contributed by atoms with E-state index in [0.29, 0.717) is 0 Å². The van der Waals surface area contributed by atoms with E-state index in [9.17, 15) is 4.79 Å². The van der Waals surface area contributed by atoms with E-state index in [-0.39, 0.29) is 11.9 Å². The normalized spacial score (nSPS) is 18.0. The standard InChI is InChI=1S/C15H21IN2O/c1-12(11-18-8-3-2-4-9-18)17-15(19)13-6-5-7-14(16)10-13/h5-7,10,12H,2-4,8-9,11H2,1H3,(H,17,19). The Hall–Kier alpha value is -0.620.